The Labute approximate surface area is 95.7 Å². The lowest BCUT2D eigenvalue weighted by molar-refractivity contribution is 0.410. The van der Waals surface area contributed by atoms with Crippen LogP contribution < -0.4 is 9.61 Å². The van der Waals surface area contributed by atoms with Crippen LogP contribution in [0.3, 0.4) is 0 Å². The highest BCUT2D eigenvalue weighted by atomic mass is 32.1. The zero-order valence-electron chi connectivity index (χ0n) is 8.64. The molecule has 1 heterocycles. The molecule has 0 aliphatic heterocycles. The Kier molecular flexibility index (Phi) is 3.05. The van der Waals surface area contributed by atoms with Gasteiger partial charge in [-0.15, -0.1) is 0 Å². The summed E-state index contributed by atoms with van der Waals surface area (Å²) in [6, 6.07) is 4.61. The molecule has 0 spiro atoms. The highest BCUT2D eigenvalue weighted by Crippen LogP contribution is 2.16. The van der Waals surface area contributed by atoms with Gasteiger partial charge in [0.25, 0.3) is 0 Å². The quantitative estimate of drug-likeness (QED) is 0.821. The molecule has 0 unspecified atom stereocenters. The third-order valence-electron chi connectivity index (χ3n) is 2.25. The first-order chi connectivity index (χ1) is 7.70. The van der Waals surface area contributed by atoms with Gasteiger partial charge in [-0.2, -0.15) is 0 Å². The molecule has 3 nitrogen and oxygen atoms in total. The van der Waals surface area contributed by atoms with Crippen molar-refractivity contribution in [3.8, 4) is 5.75 Å². The van der Waals surface area contributed by atoms with Crippen molar-refractivity contribution >= 4 is 11.3 Å². The van der Waals surface area contributed by atoms with Gasteiger partial charge in [0.05, 0.1) is 13.7 Å². The van der Waals surface area contributed by atoms with Crippen LogP contribution in [0.25, 0.3) is 0 Å². The predicted molar refractivity (Wildman–Crippen MR) is 60.6 cm³/mol. The van der Waals surface area contributed by atoms with E-state index in [1.54, 1.807) is 23.7 Å². The van der Waals surface area contributed by atoms with Crippen molar-refractivity contribution in [2.24, 2.45) is 0 Å². The van der Waals surface area contributed by atoms with Crippen molar-refractivity contribution in [2.75, 3.05) is 7.11 Å². The highest BCUT2D eigenvalue weighted by molar-refractivity contribution is 7.07. The Morgan fingerprint density at radius 1 is 1.50 bits per heavy atom. The van der Waals surface area contributed by atoms with Crippen molar-refractivity contribution in [3.05, 3.63) is 50.8 Å². The highest BCUT2D eigenvalue weighted by Gasteiger charge is 2.06. The second-order valence-electron chi connectivity index (χ2n) is 3.25. The SMILES string of the molecule is COc1ccc(Cn2ccsc2=O)c(F)c1. The average molecular weight is 239 g/mol. The molecule has 1 aromatic heterocycles. The Balaban J connectivity index is 2.29. The molecule has 84 valence electrons. The molecule has 0 atom stereocenters. The van der Waals surface area contributed by atoms with Crippen LogP contribution in [0.2, 0.25) is 0 Å². The lowest BCUT2D eigenvalue weighted by Crippen LogP contribution is -2.13. The minimum atomic E-state index is -0.363. The Hall–Kier alpha value is -1.62. The van der Waals surface area contributed by atoms with Crippen LogP contribution in [0, 0.1) is 5.82 Å². The maximum absolute atomic E-state index is 13.6. The van der Waals surface area contributed by atoms with E-state index < -0.39 is 0 Å². The number of hydrogen-bond donors (Lipinski definition) is 0. The van der Waals surface area contributed by atoms with Gasteiger partial charge in [0.15, 0.2) is 0 Å². The van der Waals surface area contributed by atoms with E-state index in [1.165, 1.54) is 17.7 Å². The first-order valence-corrected chi connectivity index (χ1v) is 5.55. The van der Waals surface area contributed by atoms with Crippen molar-refractivity contribution < 1.29 is 9.13 Å². The van der Waals surface area contributed by atoms with Crippen LogP contribution in [-0.4, -0.2) is 11.7 Å². The van der Waals surface area contributed by atoms with Gasteiger partial charge in [-0.3, -0.25) is 4.79 Å². The zero-order valence-corrected chi connectivity index (χ0v) is 9.46. The molecule has 0 aliphatic carbocycles. The van der Waals surface area contributed by atoms with Gasteiger partial charge >= 0.3 is 4.87 Å². The smallest absolute Gasteiger partial charge is 0.307 e. The van der Waals surface area contributed by atoms with Gasteiger partial charge in [0.2, 0.25) is 0 Å². The summed E-state index contributed by atoms with van der Waals surface area (Å²) in [6.45, 7) is 0.248. The Morgan fingerprint density at radius 2 is 2.31 bits per heavy atom. The van der Waals surface area contributed by atoms with E-state index in [9.17, 15) is 9.18 Å². The number of ether oxygens (including phenoxy) is 1. The van der Waals surface area contributed by atoms with E-state index in [-0.39, 0.29) is 17.2 Å². The predicted octanol–water partition coefficient (Wildman–Crippen LogP) is 2.11. The van der Waals surface area contributed by atoms with E-state index in [4.69, 9.17) is 4.74 Å². The van der Waals surface area contributed by atoms with Crippen LogP contribution in [0.4, 0.5) is 4.39 Å². The third kappa shape index (κ3) is 2.14. The van der Waals surface area contributed by atoms with E-state index >= 15 is 0 Å². The van der Waals surface area contributed by atoms with Crippen molar-refractivity contribution in [1.82, 2.24) is 4.57 Å². The molecule has 2 aromatic rings. The maximum Gasteiger partial charge on any atom is 0.307 e. The number of nitrogens with zero attached hydrogens (tertiary/aromatic N) is 1. The van der Waals surface area contributed by atoms with E-state index in [1.807, 2.05) is 0 Å². The summed E-state index contributed by atoms with van der Waals surface area (Å²) in [4.78, 5) is 11.2. The van der Waals surface area contributed by atoms with Crippen LogP contribution in [-0.2, 0) is 6.54 Å². The second kappa shape index (κ2) is 4.49. The van der Waals surface area contributed by atoms with Crippen LogP contribution in [0.5, 0.6) is 5.75 Å². The average Bonchev–Trinajstić information content (AvgIpc) is 2.67. The van der Waals surface area contributed by atoms with E-state index in [0.29, 0.717) is 11.3 Å². The fourth-order valence-electron chi connectivity index (χ4n) is 1.37. The molecule has 0 N–H and O–H groups in total. The Bertz CT molecular complexity index is 547. The number of benzene rings is 1. The molecular formula is C11H10FNO2S. The van der Waals surface area contributed by atoms with Gasteiger partial charge < -0.3 is 9.30 Å². The fourth-order valence-corrected chi connectivity index (χ4v) is 1.96. The standard InChI is InChI=1S/C11H10FNO2S/c1-15-9-3-2-8(10(12)6-9)7-13-4-5-16-11(13)14/h2-6H,7H2,1H3. The summed E-state index contributed by atoms with van der Waals surface area (Å²) in [6.07, 6.45) is 1.65. The molecule has 0 bridgehead atoms. The first kappa shape index (κ1) is 10.9. The first-order valence-electron chi connectivity index (χ1n) is 4.67. The summed E-state index contributed by atoms with van der Waals surface area (Å²) in [7, 11) is 1.48. The molecular weight excluding hydrogens is 229 g/mol. The number of rotatable bonds is 3. The van der Waals surface area contributed by atoms with Gasteiger partial charge in [0.1, 0.15) is 11.6 Å². The van der Waals surface area contributed by atoms with Gasteiger partial charge in [-0.05, 0) is 6.07 Å². The monoisotopic (exact) mass is 239 g/mol. The summed E-state index contributed by atoms with van der Waals surface area (Å²) >= 11 is 1.10. The van der Waals surface area contributed by atoms with E-state index in [2.05, 4.69) is 0 Å². The van der Waals surface area contributed by atoms with Gasteiger partial charge in [0, 0.05) is 23.2 Å². The molecule has 0 aliphatic rings. The van der Waals surface area contributed by atoms with E-state index in [0.717, 1.165) is 11.3 Å². The van der Waals surface area contributed by atoms with Crippen molar-refractivity contribution in [1.29, 1.82) is 0 Å². The molecule has 5 heteroatoms. The molecule has 0 radical (unpaired) electrons. The molecule has 0 saturated carbocycles. The van der Waals surface area contributed by atoms with Crippen molar-refractivity contribution in [2.45, 2.75) is 6.54 Å². The van der Waals surface area contributed by atoms with Gasteiger partial charge in [-0.25, -0.2) is 4.39 Å². The summed E-state index contributed by atoms with van der Waals surface area (Å²) < 4.78 is 19.9. The summed E-state index contributed by atoms with van der Waals surface area (Å²) in [5, 5.41) is 1.68. The van der Waals surface area contributed by atoms with Crippen LogP contribution >= 0.6 is 11.3 Å². The molecule has 0 amide bonds. The number of hydrogen-bond acceptors (Lipinski definition) is 3. The van der Waals surface area contributed by atoms with Gasteiger partial charge in [-0.1, -0.05) is 17.4 Å². The normalized spacial score (nSPS) is 10.4. The number of methoxy groups -OCH3 is 1. The molecule has 16 heavy (non-hydrogen) atoms. The van der Waals surface area contributed by atoms with Crippen LogP contribution in [0.1, 0.15) is 5.56 Å². The second-order valence-corrected chi connectivity index (χ2v) is 4.11. The van der Waals surface area contributed by atoms with Crippen molar-refractivity contribution in [3.63, 3.8) is 0 Å². The molecule has 0 fully saturated rings. The topological polar surface area (TPSA) is 31.2 Å². The third-order valence-corrected chi connectivity index (χ3v) is 2.94. The van der Waals surface area contributed by atoms with Crippen LogP contribution in [0.15, 0.2) is 34.6 Å². The number of aromatic nitrogens is 1. The maximum atomic E-state index is 13.6. The minimum Gasteiger partial charge on any atom is -0.497 e. The lowest BCUT2D eigenvalue weighted by atomic mass is 10.2. The zero-order chi connectivity index (χ0) is 11.5. The molecule has 1 aromatic carbocycles. The fraction of sp³-hybridized carbons (Fsp3) is 0.182. The summed E-state index contributed by atoms with van der Waals surface area (Å²) in [5.41, 5.74) is 0.473. The number of halogens is 1. The molecule has 0 saturated heterocycles. The lowest BCUT2D eigenvalue weighted by Gasteiger charge is -2.05. The summed E-state index contributed by atoms with van der Waals surface area (Å²) in [5.74, 6) is 0.108. The minimum absolute atomic E-state index is 0.0878. The largest absolute Gasteiger partial charge is 0.497 e. The Morgan fingerprint density at radius 3 is 2.88 bits per heavy atom. The molecule has 2 rings (SSSR count). The number of thiazole rings is 1.